The Morgan fingerprint density at radius 3 is 1.71 bits per heavy atom. The van der Waals surface area contributed by atoms with Crippen LogP contribution in [0.25, 0.3) is 22.3 Å². The largest absolute Gasteiger partial charge is 0.464 e. The van der Waals surface area contributed by atoms with Crippen molar-refractivity contribution in [3.63, 3.8) is 0 Å². The molecule has 3 rings (SSSR count). The van der Waals surface area contributed by atoms with Gasteiger partial charge in [0, 0.05) is 11.1 Å². The molecule has 194 valence electrons. The normalized spacial score (nSPS) is 10.2. The summed E-state index contributed by atoms with van der Waals surface area (Å²) in [5.41, 5.74) is 3.69. The van der Waals surface area contributed by atoms with E-state index in [9.17, 15) is 19.2 Å². The first kappa shape index (κ1) is 27.6. The average Bonchev–Trinajstić information content (AvgIpc) is 2.91. The highest BCUT2D eigenvalue weighted by Gasteiger charge is 2.17. The fourth-order valence-electron chi connectivity index (χ4n) is 3.26. The van der Waals surface area contributed by atoms with Gasteiger partial charge in [0.15, 0.2) is 0 Å². The highest BCUT2D eigenvalue weighted by Crippen LogP contribution is 2.32. The standard InChI is InChI=1S/C30H26O8/c1-19(2)28(32)37-24-10-5-21(6-11-24)23-9-14-26(30(34)36-16-15-35-18-31)27(17-23)22-7-12-25(13-8-22)38-29(33)20(3)4/h5-14,17-18H,1,3,15-16H2,2,4H3. The summed E-state index contributed by atoms with van der Waals surface area (Å²) >= 11 is 0. The highest BCUT2D eigenvalue weighted by atomic mass is 16.6. The first-order chi connectivity index (χ1) is 18.2. The maximum absolute atomic E-state index is 12.8. The van der Waals surface area contributed by atoms with E-state index in [0.29, 0.717) is 33.8 Å². The van der Waals surface area contributed by atoms with Crippen LogP contribution in [0, 0.1) is 0 Å². The quantitative estimate of drug-likeness (QED) is 0.111. The molecular formula is C30H26O8. The Hall–Kier alpha value is -4.98. The Bertz CT molecular complexity index is 1370. The van der Waals surface area contributed by atoms with Gasteiger partial charge < -0.3 is 18.9 Å². The van der Waals surface area contributed by atoms with Crippen molar-refractivity contribution < 1.29 is 38.1 Å². The smallest absolute Gasteiger partial charge is 0.338 e. The number of benzene rings is 3. The summed E-state index contributed by atoms with van der Waals surface area (Å²) in [4.78, 5) is 46.8. The molecule has 8 heteroatoms. The molecule has 0 aliphatic heterocycles. The van der Waals surface area contributed by atoms with Gasteiger partial charge >= 0.3 is 17.9 Å². The predicted molar refractivity (Wildman–Crippen MR) is 141 cm³/mol. The molecule has 0 radical (unpaired) electrons. The first-order valence-corrected chi connectivity index (χ1v) is 11.5. The Balaban J connectivity index is 1.94. The van der Waals surface area contributed by atoms with E-state index in [0.717, 1.165) is 11.1 Å². The van der Waals surface area contributed by atoms with E-state index < -0.39 is 17.9 Å². The van der Waals surface area contributed by atoms with Crippen molar-refractivity contribution in [2.45, 2.75) is 13.8 Å². The monoisotopic (exact) mass is 514 g/mol. The average molecular weight is 515 g/mol. The summed E-state index contributed by atoms with van der Waals surface area (Å²) in [7, 11) is 0. The molecule has 0 N–H and O–H groups in total. The molecule has 3 aromatic carbocycles. The molecule has 0 amide bonds. The molecular weight excluding hydrogens is 488 g/mol. The maximum Gasteiger partial charge on any atom is 0.338 e. The van der Waals surface area contributed by atoms with Crippen LogP contribution in [0.15, 0.2) is 91.0 Å². The summed E-state index contributed by atoms with van der Waals surface area (Å²) in [5.74, 6) is -0.953. The van der Waals surface area contributed by atoms with Gasteiger partial charge in [-0.15, -0.1) is 0 Å². The van der Waals surface area contributed by atoms with Crippen LogP contribution in [-0.2, 0) is 23.9 Å². The topological polar surface area (TPSA) is 105 Å². The van der Waals surface area contributed by atoms with Crippen LogP contribution in [0.2, 0.25) is 0 Å². The molecule has 0 saturated carbocycles. The van der Waals surface area contributed by atoms with E-state index in [-0.39, 0.29) is 25.3 Å². The van der Waals surface area contributed by atoms with Crippen molar-refractivity contribution in [1.82, 2.24) is 0 Å². The lowest BCUT2D eigenvalue weighted by molar-refractivity contribution is -0.130. The van der Waals surface area contributed by atoms with Crippen molar-refractivity contribution >= 4 is 24.4 Å². The molecule has 0 atom stereocenters. The van der Waals surface area contributed by atoms with Crippen molar-refractivity contribution in [2.24, 2.45) is 0 Å². The van der Waals surface area contributed by atoms with Gasteiger partial charge in [-0.05, 0) is 72.5 Å². The number of carbonyl (C=O) groups is 4. The lowest BCUT2D eigenvalue weighted by Crippen LogP contribution is -2.11. The molecule has 0 aliphatic carbocycles. The minimum atomic E-state index is -0.596. The fraction of sp³-hybridized carbons (Fsp3) is 0.133. The van der Waals surface area contributed by atoms with Crippen LogP contribution in [0.4, 0.5) is 0 Å². The molecule has 0 aliphatic rings. The van der Waals surface area contributed by atoms with Crippen molar-refractivity contribution in [3.05, 3.63) is 96.6 Å². The van der Waals surface area contributed by atoms with Gasteiger partial charge in [-0.1, -0.05) is 43.5 Å². The zero-order valence-corrected chi connectivity index (χ0v) is 21.0. The molecule has 38 heavy (non-hydrogen) atoms. The van der Waals surface area contributed by atoms with Gasteiger partial charge in [-0.2, -0.15) is 0 Å². The number of ether oxygens (including phenoxy) is 4. The number of hydrogen-bond acceptors (Lipinski definition) is 8. The van der Waals surface area contributed by atoms with Gasteiger partial charge in [0.25, 0.3) is 6.47 Å². The van der Waals surface area contributed by atoms with Crippen molar-refractivity contribution in [3.8, 4) is 33.8 Å². The third-order valence-corrected chi connectivity index (χ3v) is 5.21. The van der Waals surface area contributed by atoms with Gasteiger partial charge in [0.1, 0.15) is 24.7 Å². The van der Waals surface area contributed by atoms with Crippen LogP contribution >= 0.6 is 0 Å². The lowest BCUT2D eigenvalue weighted by atomic mass is 9.94. The van der Waals surface area contributed by atoms with E-state index in [2.05, 4.69) is 17.9 Å². The number of rotatable bonds is 11. The van der Waals surface area contributed by atoms with Gasteiger partial charge in [0.2, 0.25) is 0 Å². The van der Waals surface area contributed by atoms with E-state index in [4.69, 9.17) is 14.2 Å². The third kappa shape index (κ3) is 7.27. The van der Waals surface area contributed by atoms with Gasteiger partial charge in [-0.3, -0.25) is 4.79 Å². The number of esters is 3. The highest BCUT2D eigenvalue weighted by molar-refractivity contribution is 5.98. The zero-order valence-electron chi connectivity index (χ0n) is 21.0. The molecule has 0 heterocycles. The predicted octanol–water partition coefficient (Wildman–Crippen LogP) is 5.31. The van der Waals surface area contributed by atoms with Crippen LogP contribution in [-0.4, -0.2) is 37.6 Å². The molecule has 0 fully saturated rings. The minimum absolute atomic E-state index is 0.0618. The van der Waals surface area contributed by atoms with E-state index in [1.807, 2.05) is 6.07 Å². The van der Waals surface area contributed by atoms with E-state index in [1.54, 1.807) is 74.5 Å². The SMILES string of the molecule is C=C(C)C(=O)Oc1ccc(-c2ccc(C(=O)OCCOC=O)c(-c3ccc(OC(=O)C(=C)C)cc3)c2)cc1. The van der Waals surface area contributed by atoms with Crippen molar-refractivity contribution in [1.29, 1.82) is 0 Å². The lowest BCUT2D eigenvalue weighted by Gasteiger charge is -2.13. The summed E-state index contributed by atoms with van der Waals surface area (Å²) in [6.45, 7) is 10.4. The second-order valence-corrected chi connectivity index (χ2v) is 8.25. The fourth-order valence-corrected chi connectivity index (χ4v) is 3.26. The second kappa shape index (κ2) is 12.8. The number of carbonyl (C=O) groups excluding carboxylic acids is 4. The van der Waals surface area contributed by atoms with Crippen LogP contribution < -0.4 is 9.47 Å². The summed E-state index contributed by atoms with van der Waals surface area (Å²) in [5, 5.41) is 0. The molecule has 0 spiro atoms. The molecule has 3 aromatic rings. The molecule has 8 nitrogen and oxygen atoms in total. The maximum atomic E-state index is 12.8. The Morgan fingerprint density at radius 2 is 1.21 bits per heavy atom. The molecule has 0 saturated heterocycles. The molecule has 0 bridgehead atoms. The van der Waals surface area contributed by atoms with Crippen LogP contribution in [0.5, 0.6) is 11.5 Å². The summed E-state index contributed by atoms with van der Waals surface area (Å²) in [6, 6.07) is 18.8. The Kier molecular flexibility index (Phi) is 9.31. The Morgan fingerprint density at radius 1 is 0.711 bits per heavy atom. The third-order valence-electron chi connectivity index (χ3n) is 5.21. The van der Waals surface area contributed by atoms with Crippen LogP contribution in [0.1, 0.15) is 24.2 Å². The molecule has 0 unspecified atom stereocenters. The summed E-state index contributed by atoms with van der Waals surface area (Å²) in [6.07, 6.45) is 0. The summed E-state index contributed by atoms with van der Waals surface area (Å²) < 4.78 is 20.3. The van der Waals surface area contributed by atoms with Gasteiger partial charge in [-0.25, -0.2) is 14.4 Å². The molecule has 0 aromatic heterocycles. The van der Waals surface area contributed by atoms with Crippen LogP contribution in [0.3, 0.4) is 0 Å². The zero-order chi connectivity index (χ0) is 27.7. The Labute approximate surface area is 220 Å². The number of hydrogen-bond donors (Lipinski definition) is 0. The van der Waals surface area contributed by atoms with Crippen molar-refractivity contribution in [2.75, 3.05) is 13.2 Å². The minimum Gasteiger partial charge on any atom is -0.464 e. The van der Waals surface area contributed by atoms with E-state index in [1.165, 1.54) is 0 Å². The first-order valence-electron chi connectivity index (χ1n) is 11.5. The van der Waals surface area contributed by atoms with E-state index >= 15 is 0 Å². The van der Waals surface area contributed by atoms with Gasteiger partial charge in [0.05, 0.1) is 5.56 Å². The second-order valence-electron chi connectivity index (χ2n) is 8.25.